The minimum Gasteiger partial charge on any atom is -0.392 e. The molecule has 0 aromatic heterocycles. The SMILES string of the molecule is COCCN1CC2COCC(C1)C2O. The van der Waals surface area contributed by atoms with Crippen LogP contribution < -0.4 is 0 Å². The van der Waals surface area contributed by atoms with E-state index in [1.807, 2.05) is 0 Å². The zero-order chi connectivity index (χ0) is 9.97. The Morgan fingerprint density at radius 3 is 2.57 bits per heavy atom. The van der Waals surface area contributed by atoms with Crippen molar-refractivity contribution >= 4 is 0 Å². The number of rotatable bonds is 3. The van der Waals surface area contributed by atoms with Gasteiger partial charge in [0.25, 0.3) is 0 Å². The molecule has 2 fully saturated rings. The Hall–Kier alpha value is -0.160. The average molecular weight is 201 g/mol. The first-order valence-electron chi connectivity index (χ1n) is 5.28. The van der Waals surface area contributed by atoms with Crippen LogP contribution in [0.25, 0.3) is 0 Å². The van der Waals surface area contributed by atoms with Gasteiger partial charge in [-0.25, -0.2) is 0 Å². The van der Waals surface area contributed by atoms with Gasteiger partial charge in [-0.2, -0.15) is 0 Å². The van der Waals surface area contributed by atoms with Crippen molar-refractivity contribution < 1.29 is 14.6 Å². The summed E-state index contributed by atoms with van der Waals surface area (Å²) in [6, 6.07) is 0. The van der Waals surface area contributed by atoms with Crippen molar-refractivity contribution in [1.82, 2.24) is 4.90 Å². The Bertz CT molecular complexity index is 174. The molecule has 14 heavy (non-hydrogen) atoms. The summed E-state index contributed by atoms with van der Waals surface area (Å²) in [4.78, 5) is 2.37. The van der Waals surface area contributed by atoms with Crippen molar-refractivity contribution in [3.63, 3.8) is 0 Å². The van der Waals surface area contributed by atoms with Gasteiger partial charge in [-0.3, -0.25) is 0 Å². The Balaban J connectivity index is 1.87. The molecular formula is C10H19NO3. The van der Waals surface area contributed by atoms with Gasteiger partial charge in [0.2, 0.25) is 0 Å². The molecule has 2 aliphatic heterocycles. The van der Waals surface area contributed by atoms with Crippen LogP contribution in [0, 0.1) is 11.8 Å². The van der Waals surface area contributed by atoms with Crippen LogP contribution in [0.4, 0.5) is 0 Å². The van der Waals surface area contributed by atoms with E-state index in [-0.39, 0.29) is 6.10 Å². The third-order valence-corrected chi connectivity index (χ3v) is 3.23. The summed E-state index contributed by atoms with van der Waals surface area (Å²) in [6.07, 6.45) is -0.150. The molecule has 0 saturated carbocycles. The van der Waals surface area contributed by atoms with Crippen molar-refractivity contribution in [3.05, 3.63) is 0 Å². The largest absolute Gasteiger partial charge is 0.392 e. The van der Waals surface area contributed by atoms with E-state index in [2.05, 4.69) is 4.90 Å². The quantitative estimate of drug-likeness (QED) is 0.673. The number of aliphatic hydroxyl groups excluding tert-OH is 1. The van der Waals surface area contributed by atoms with Crippen molar-refractivity contribution in [2.24, 2.45) is 11.8 Å². The van der Waals surface area contributed by atoms with Gasteiger partial charge >= 0.3 is 0 Å². The normalized spacial score (nSPS) is 38.6. The van der Waals surface area contributed by atoms with Gasteiger partial charge in [0, 0.05) is 38.6 Å². The average Bonchev–Trinajstić information content (AvgIpc) is 2.15. The first-order chi connectivity index (χ1) is 6.81. The minimum absolute atomic E-state index is 0.150. The van der Waals surface area contributed by atoms with Crippen LogP contribution in [0.15, 0.2) is 0 Å². The lowest BCUT2D eigenvalue weighted by Crippen LogP contribution is -2.55. The van der Waals surface area contributed by atoms with Crippen LogP contribution in [0.5, 0.6) is 0 Å². The van der Waals surface area contributed by atoms with Crippen molar-refractivity contribution in [2.75, 3.05) is 46.6 Å². The number of fused-ring (bicyclic) bond motifs is 2. The molecule has 0 aliphatic carbocycles. The maximum Gasteiger partial charge on any atom is 0.0665 e. The number of hydrogen-bond acceptors (Lipinski definition) is 4. The molecule has 0 radical (unpaired) electrons. The van der Waals surface area contributed by atoms with Crippen molar-refractivity contribution in [3.8, 4) is 0 Å². The lowest BCUT2D eigenvalue weighted by Gasteiger charge is -2.44. The first-order valence-corrected chi connectivity index (χ1v) is 5.28. The second-order valence-corrected chi connectivity index (χ2v) is 4.30. The van der Waals surface area contributed by atoms with Gasteiger partial charge in [-0.1, -0.05) is 0 Å². The van der Waals surface area contributed by atoms with E-state index in [4.69, 9.17) is 9.47 Å². The van der Waals surface area contributed by atoms with Crippen LogP contribution in [0.1, 0.15) is 0 Å². The third-order valence-electron chi connectivity index (χ3n) is 3.23. The topological polar surface area (TPSA) is 41.9 Å². The van der Waals surface area contributed by atoms with Crippen molar-refractivity contribution in [2.45, 2.75) is 6.10 Å². The fourth-order valence-corrected chi connectivity index (χ4v) is 2.42. The summed E-state index contributed by atoms with van der Waals surface area (Å²) in [5.74, 6) is 0.610. The lowest BCUT2D eigenvalue weighted by molar-refractivity contribution is -0.125. The van der Waals surface area contributed by atoms with Crippen LogP contribution in [0.2, 0.25) is 0 Å². The summed E-state index contributed by atoms with van der Waals surface area (Å²) in [5.41, 5.74) is 0. The minimum atomic E-state index is -0.150. The van der Waals surface area contributed by atoms with E-state index < -0.39 is 0 Å². The molecule has 2 atom stereocenters. The van der Waals surface area contributed by atoms with Crippen LogP contribution >= 0.6 is 0 Å². The zero-order valence-electron chi connectivity index (χ0n) is 8.69. The van der Waals surface area contributed by atoms with Gasteiger partial charge in [0.05, 0.1) is 25.9 Å². The number of aliphatic hydroxyl groups is 1. The molecule has 82 valence electrons. The van der Waals surface area contributed by atoms with E-state index in [9.17, 15) is 5.11 Å². The molecule has 2 heterocycles. The summed E-state index contributed by atoms with van der Waals surface area (Å²) in [7, 11) is 1.72. The Labute approximate surface area is 84.8 Å². The Morgan fingerprint density at radius 2 is 2.00 bits per heavy atom. The molecule has 2 aliphatic rings. The maximum absolute atomic E-state index is 9.89. The van der Waals surface area contributed by atoms with Gasteiger partial charge in [-0.05, 0) is 0 Å². The number of likely N-dealkylation sites (tertiary alicyclic amines) is 1. The maximum atomic E-state index is 9.89. The van der Waals surface area contributed by atoms with Crippen LogP contribution in [-0.2, 0) is 9.47 Å². The molecule has 2 bridgehead atoms. The molecule has 0 spiro atoms. The van der Waals surface area contributed by atoms with Gasteiger partial charge in [-0.15, -0.1) is 0 Å². The molecule has 4 nitrogen and oxygen atoms in total. The molecule has 2 unspecified atom stereocenters. The third kappa shape index (κ3) is 2.08. The number of hydrogen-bond donors (Lipinski definition) is 1. The van der Waals surface area contributed by atoms with Gasteiger partial charge < -0.3 is 19.5 Å². The van der Waals surface area contributed by atoms with E-state index >= 15 is 0 Å². The molecule has 0 amide bonds. The van der Waals surface area contributed by atoms with Crippen LogP contribution in [-0.4, -0.2) is 62.7 Å². The second-order valence-electron chi connectivity index (χ2n) is 4.30. The van der Waals surface area contributed by atoms with E-state index in [1.165, 1.54) is 0 Å². The molecule has 1 N–H and O–H groups in total. The molecule has 0 aromatic rings. The molecule has 2 rings (SSSR count). The highest BCUT2D eigenvalue weighted by Crippen LogP contribution is 2.27. The molecular weight excluding hydrogens is 182 g/mol. The number of methoxy groups -OCH3 is 1. The van der Waals surface area contributed by atoms with E-state index in [0.29, 0.717) is 25.0 Å². The Morgan fingerprint density at radius 1 is 1.36 bits per heavy atom. The standard InChI is InChI=1S/C10H19NO3/c1-13-3-2-11-4-8-6-14-7-9(5-11)10(8)12/h8-10,12H,2-7H2,1H3. The number of nitrogens with zero attached hydrogens (tertiary/aromatic N) is 1. The molecule has 4 heteroatoms. The number of piperidine rings is 1. The summed E-state index contributed by atoms with van der Waals surface area (Å²) in [6.45, 7) is 5.05. The smallest absolute Gasteiger partial charge is 0.0665 e. The molecule has 2 saturated heterocycles. The Kier molecular flexibility index (Phi) is 3.38. The fourth-order valence-electron chi connectivity index (χ4n) is 2.42. The van der Waals surface area contributed by atoms with E-state index in [0.717, 1.165) is 26.2 Å². The van der Waals surface area contributed by atoms with Gasteiger partial charge in [0.15, 0.2) is 0 Å². The highest BCUT2D eigenvalue weighted by molar-refractivity contribution is 4.89. The molecule has 0 aromatic carbocycles. The predicted octanol–water partition coefficient (Wildman–Crippen LogP) is -0.428. The van der Waals surface area contributed by atoms with E-state index in [1.54, 1.807) is 7.11 Å². The predicted molar refractivity (Wildman–Crippen MR) is 52.1 cm³/mol. The summed E-state index contributed by atoms with van der Waals surface area (Å²) < 4.78 is 10.5. The van der Waals surface area contributed by atoms with Crippen LogP contribution in [0.3, 0.4) is 0 Å². The first kappa shape index (κ1) is 10.4. The monoisotopic (exact) mass is 201 g/mol. The zero-order valence-corrected chi connectivity index (χ0v) is 8.69. The highest BCUT2D eigenvalue weighted by atomic mass is 16.5. The number of ether oxygens (including phenoxy) is 2. The summed E-state index contributed by atoms with van der Waals surface area (Å²) >= 11 is 0. The summed E-state index contributed by atoms with van der Waals surface area (Å²) in [5, 5.41) is 9.89. The lowest BCUT2D eigenvalue weighted by atomic mass is 9.85. The highest BCUT2D eigenvalue weighted by Gasteiger charge is 2.38. The second kappa shape index (κ2) is 4.57. The van der Waals surface area contributed by atoms with Crippen molar-refractivity contribution in [1.29, 1.82) is 0 Å². The van der Waals surface area contributed by atoms with Gasteiger partial charge in [0.1, 0.15) is 0 Å². The fraction of sp³-hybridized carbons (Fsp3) is 1.00.